The van der Waals surface area contributed by atoms with Crippen LogP contribution in [0.25, 0.3) is 0 Å². The maximum atomic E-state index is 13.7. The van der Waals surface area contributed by atoms with E-state index in [2.05, 4.69) is 19.2 Å². The SMILES string of the molecule is CC1CCCC(NCc2cc([N+](=O)[O-])c(F)cc2F)C1C. The highest BCUT2D eigenvalue weighted by molar-refractivity contribution is 5.37. The van der Waals surface area contributed by atoms with Crippen molar-refractivity contribution in [3.05, 3.63) is 39.4 Å². The largest absolute Gasteiger partial charge is 0.310 e. The molecule has 1 aromatic rings. The van der Waals surface area contributed by atoms with E-state index < -0.39 is 22.2 Å². The maximum absolute atomic E-state index is 13.7. The summed E-state index contributed by atoms with van der Waals surface area (Å²) in [5, 5.41) is 14.0. The van der Waals surface area contributed by atoms with E-state index in [1.54, 1.807) is 0 Å². The molecule has 1 N–H and O–H groups in total. The lowest BCUT2D eigenvalue weighted by molar-refractivity contribution is -0.387. The van der Waals surface area contributed by atoms with Crippen molar-refractivity contribution in [3.8, 4) is 0 Å². The number of halogens is 2. The van der Waals surface area contributed by atoms with Crippen LogP contribution in [0.1, 0.15) is 38.7 Å². The molecule has 116 valence electrons. The summed E-state index contributed by atoms with van der Waals surface area (Å²) in [4.78, 5) is 9.88. The van der Waals surface area contributed by atoms with Crippen LogP contribution >= 0.6 is 0 Å². The van der Waals surface area contributed by atoms with Gasteiger partial charge in [-0.25, -0.2) is 4.39 Å². The van der Waals surface area contributed by atoms with Crippen LogP contribution in [0.5, 0.6) is 0 Å². The van der Waals surface area contributed by atoms with Crippen molar-refractivity contribution in [3.63, 3.8) is 0 Å². The van der Waals surface area contributed by atoms with Crippen LogP contribution in [0.15, 0.2) is 12.1 Å². The van der Waals surface area contributed by atoms with E-state index in [4.69, 9.17) is 0 Å². The van der Waals surface area contributed by atoms with Crippen molar-refractivity contribution in [1.82, 2.24) is 5.32 Å². The van der Waals surface area contributed by atoms with Gasteiger partial charge in [0.15, 0.2) is 0 Å². The Bertz CT molecular complexity index is 537. The summed E-state index contributed by atoms with van der Waals surface area (Å²) in [5.74, 6) is -0.816. The van der Waals surface area contributed by atoms with Crippen molar-refractivity contribution in [1.29, 1.82) is 0 Å². The molecule has 0 radical (unpaired) electrons. The zero-order chi connectivity index (χ0) is 15.6. The molecular formula is C15H20F2N2O2. The van der Waals surface area contributed by atoms with Gasteiger partial charge in [0.05, 0.1) is 4.92 Å². The van der Waals surface area contributed by atoms with Gasteiger partial charge in [0, 0.05) is 30.3 Å². The van der Waals surface area contributed by atoms with E-state index in [1.807, 2.05) is 0 Å². The number of nitro benzene ring substituents is 1. The third-order valence-corrected chi connectivity index (χ3v) is 4.57. The Kier molecular flexibility index (Phi) is 4.88. The van der Waals surface area contributed by atoms with Gasteiger partial charge >= 0.3 is 5.69 Å². The van der Waals surface area contributed by atoms with Gasteiger partial charge < -0.3 is 5.32 Å². The normalized spacial score (nSPS) is 25.8. The number of nitrogens with one attached hydrogen (secondary N) is 1. The summed E-state index contributed by atoms with van der Waals surface area (Å²) in [7, 11) is 0. The first-order chi connectivity index (χ1) is 9.90. The molecule has 1 aliphatic carbocycles. The zero-order valence-corrected chi connectivity index (χ0v) is 12.2. The van der Waals surface area contributed by atoms with Gasteiger partial charge in [0.25, 0.3) is 0 Å². The number of nitro groups is 1. The van der Waals surface area contributed by atoms with Crippen LogP contribution in [-0.2, 0) is 6.54 Å². The minimum Gasteiger partial charge on any atom is -0.310 e. The Morgan fingerprint density at radius 3 is 2.67 bits per heavy atom. The third-order valence-electron chi connectivity index (χ3n) is 4.57. The van der Waals surface area contributed by atoms with E-state index in [9.17, 15) is 18.9 Å². The number of nitrogens with zero attached hydrogens (tertiary/aromatic N) is 1. The number of hydrogen-bond donors (Lipinski definition) is 1. The van der Waals surface area contributed by atoms with Gasteiger partial charge in [-0.2, -0.15) is 4.39 Å². The van der Waals surface area contributed by atoms with Crippen molar-refractivity contribution < 1.29 is 13.7 Å². The Hall–Kier alpha value is -1.56. The Morgan fingerprint density at radius 1 is 1.29 bits per heavy atom. The van der Waals surface area contributed by atoms with Crippen LogP contribution in [0.4, 0.5) is 14.5 Å². The zero-order valence-electron chi connectivity index (χ0n) is 12.2. The lowest BCUT2D eigenvalue weighted by atomic mass is 9.78. The summed E-state index contributed by atoms with van der Waals surface area (Å²) in [6.07, 6.45) is 3.32. The summed E-state index contributed by atoms with van der Waals surface area (Å²) < 4.78 is 27.0. The Morgan fingerprint density at radius 2 is 2.00 bits per heavy atom. The van der Waals surface area contributed by atoms with Crippen molar-refractivity contribution in [2.24, 2.45) is 11.8 Å². The molecule has 21 heavy (non-hydrogen) atoms. The fraction of sp³-hybridized carbons (Fsp3) is 0.600. The quantitative estimate of drug-likeness (QED) is 0.679. The van der Waals surface area contributed by atoms with Gasteiger partial charge in [-0.3, -0.25) is 10.1 Å². The molecule has 0 amide bonds. The first-order valence-electron chi connectivity index (χ1n) is 7.26. The smallest absolute Gasteiger partial charge is 0.305 e. The fourth-order valence-electron chi connectivity index (χ4n) is 2.97. The van der Waals surface area contributed by atoms with Crippen molar-refractivity contribution in [2.45, 2.75) is 45.7 Å². The molecule has 1 aromatic carbocycles. The molecule has 2 rings (SSSR count). The molecule has 3 atom stereocenters. The lowest BCUT2D eigenvalue weighted by Crippen LogP contribution is -2.40. The molecule has 0 saturated heterocycles. The van der Waals surface area contributed by atoms with E-state index >= 15 is 0 Å². The number of rotatable bonds is 4. The topological polar surface area (TPSA) is 55.2 Å². The van der Waals surface area contributed by atoms with E-state index in [0.29, 0.717) is 17.9 Å². The predicted molar refractivity (Wildman–Crippen MR) is 75.8 cm³/mol. The van der Waals surface area contributed by atoms with E-state index in [1.165, 1.54) is 6.42 Å². The van der Waals surface area contributed by atoms with Gasteiger partial charge in [0.1, 0.15) is 5.82 Å². The minimum absolute atomic E-state index is 0.133. The maximum Gasteiger partial charge on any atom is 0.305 e. The van der Waals surface area contributed by atoms with Crippen LogP contribution in [0, 0.1) is 33.6 Å². The highest BCUT2D eigenvalue weighted by Crippen LogP contribution is 2.30. The monoisotopic (exact) mass is 298 g/mol. The van der Waals surface area contributed by atoms with E-state index in [0.717, 1.165) is 18.9 Å². The fourth-order valence-corrected chi connectivity index (χ4v) is 2.97. The standard InChI is InChI=1S/C15H20F2N2O2/c1-9-4-3-5-14(10(9)2)18-8-11-6-15(19(20)21)13(17)7-12(11)16/h6-7,9-10,14,18H,3-5,8H2,1-2H3. The minimum atomic E-state index is -1.14. The van der Waals surface area contributed by atoms with Crippen molar-refractivity contribution >= 4 is 5.69 Å². The molecule has 1 saturated carbocycles. The second kappa shape index (κ2) is 6.47. The molecule has 4 nitrogen and oxygen atoms in total. The van der Waals surface area contributed by atoms with E-state index in [-0.39, 0.29) is 18.2 Å². The Labute approximate surface area is 122 Å². The average molecular weight is 298 g/mol. The van der Waals surface area contributed by atoms with Crippen LogP contribution in [0.2, 0.25) is 0 Å². The highest BCUT2D eigenvalue weighted by atomic mass is 19.1. The van der Waals surface area contributed by atoms with Crippen LogP contribution in [0.3, 0.4) is 0 Å². The van der Waals surface area contributed by atoms with Crippen LogP contribution < -0.4 is 5.32 Å². The molecule has 3 unspecified atom stereocenters. The Balaban J connectivity index is 2.09. The third kappa shape index (κ3) is 3.56. The molecular weight excluding hydrogens is 278 g/mol. The molecule has 0 aromatic heterocycles. The highest BCUT2D eigenvalue weighted by Gasteiger charge is 2.27. The second-order valence-electron chi connectivity index (χ2n) is 5.91. The summed E-state index contributed by atoms with van der Waals surface area (Å²) in [5.41, 5.74) is -0.549. The number of hydrogen-bond acceptors (Lipinski definition) is 3. The number of benzene rings is 1. The van der Waals surface area contributed by atoms with Gasteiger partial charge in [-0.15, -0.1) is 0 Å². The summed E-state index contributed by atoms with van der Waals surface area (Å²) >= 11 is 0. The summed E-state index contributed by atoms with van der Waals surface area (Å²) in [6.45, 7) is 4.53. The first-order valence-corrected chi connectivity index (χ1v) is 7.26. The van der Waals surface area contributed by atoms with Gasteiger partial charge in [-0.1, -0.05) is 26.7 Å². The average Bonchev–Trinajstić information content (AvgIpc) is 2.41. The predicted octanol–water partition coefficient (Wildman–Crippen LogP) is 3.79. The molecule has 0 aliphatic heterocycles. The van der Waals surface area contributed by atoms with Gasteiger partial charge in [-0.05, 0) is 18.3 Å². The summed E-state index contributed by atoms with van der Waals surface area (Å²) in [6, 6.07) is 1.83. The molecule has 1 aliphatic rings. The molecule has 0 heterocycles. The van der Waals surface area contributed by atoms with Gasteiger partial charge in [0.2, 0.25) is 5.82 Å². The first kappa shape index (κ1) is 15.8. The lowest BCUT2D eigenvalue weighted by Gasteiger charge is -2.34. The molecule has 1 fully saturated rings. The molecule has 0 spiro atoms. The second-order valence-corrected chi connectivity index (χ2v) is 5.91. The molecule has 6 heteroatoms. The van der Waals surface area contributed by atoms with Crippen LogP contribution in [-0.4, -0.2) is 11.0 Å². The molecule has 0 bridgehead atoms. The van der Waals surface area contributed by atoms with Crippen molar-refractivity contribution in [2.75, 3.05) is 0 Å².